The first kappa shape index (κ1) is 24.8. The van der Waals surface area contributed by atoms with E-state index in [1.165, 1.54) is 10.4 Å². The van der Waals surface area contributed by atoms with Crippen LogP contribution in [0, 0.1) is 0 Å². The number of methoxy groups -OCH3 is 1. The van der Waals surface area contributed by atoms with E-state index in [0.29, 0.717) is 44.9 Å². The molecule has 1 N–H and O–H groups in total. The van der Waals surface area contributed by atoms with E-state index in [9.17, 15) is 13.2 Å². The molecule has 3 aromatic rings. The van der Waals surface area contributed by atoms with Crippen LogP contribution in [-0.4, -0.2) is 65.3 Å². The molecule has 2 aromatic carbocycles. The molecule has 182 valence electrons. The second-order valence-corrected chi connectivity index (χ2v) is 10.6. The first-order chi connectivity index (χ1) is 16.3. The van der Waals surface area contributed by atoms with Crippen LogP contribution in [0.5, 0.6) is 5.95 Å². The molecule has 1 aromatic heterocycles. The first-order valence-corrected chi connectivity index (χ1v) is 13.1. The van der Waals surface area contributed by atoms with Crippen LogP contribution >= 0.6 is 27.5 Å². The second-order valence-electron chi connectivity index (χ2n) is 7.51. The topological polar surface area (TPSA) is 101 Å². The molecule has 1 saturated heterocycles. The zero-order valence-corrected chi connectivity index (χ0v) is 21.5. The van der Waals surface area contributed by atoms with Crippen LogP contribution in [0.25, 0.3) is 11.0 Å². The lowest BCUT2D eigenvalue weighted by Crippen LogP contribution is -2.48. The fraction of sp³-hybridized carbons (Fsp3) is 0.318. The van der Waals surface area contributed by atoms with Gasteiger partial charge in [-0.1, -0.05) is 23.7 Å². The molecule has 4 rings (SSSR count). The van der Waals surface area contributed by atoms with E-state index in [0.717, 1.165) is 15.5 Å². The Morgan fingerprint density at radius 1 is 1.18 bits per heavy atom. The Hall–Kier alpha value is -2.31. The van der Waals surface area contributed by atoms with Gasteiger partial charge in [0.2, 0.25) is 10.0 Å². The minimum atomic E-state index is -3.67. The molecule has 1 amide bonds. The molecule has 9 nitrogen and oxygen atoms in total. The van der Waals surface area contributed by atoms with Gasteiger partial charge in [-0.25, -0.2) is 13.2 Å². The number of piperazine rings is 1. The average Bonchev–Trinajstić information content (AvgIpc) is 3.23. The number of nitrogens with one attached hydrogen (secondary N) is 1. The van der Waals surface area contributed by atoms with Crippen molar-refractivity contribution in [2.75, 3.05) is 51.3 Å². The number of fused-ring (bicyclic) bond motifs is 1. The molecule has 0 saturated carbocycles. The number of halogens is 2. The van der Waals surface area contributed by atoms with Crippen molar-refractivity contribution in [2.24, 2.45) is 0 Å². The standard InChI is InChI=1S/C22H23BrClN3O6S/c1-31-13-8-25-22(28)33-20-14-15-18(32-20)7-6-17(21(15)23)26-9-11-27(12-10-26)34(29,30)19-5-3-2-4-16(19)24/h2-7,14H,8-13H2,1H3,(H,25,28). The maximum absolute atomic E-state index is 13.0. The van der Waals surface area contributed by atoms with Crippen LogP contribution in [0.1, 0.15) is 0 Å². The van der Waals surface area contributed by atoms with E-state index in [4.69, 9.17) is 25.5 Å². The number of ether oxygens (including phenoxy) is 2. The summed E-state index contributed by atoms with van der Waals surface area (Å²) in [7, 11) is -2.13. The summed E-state index contributed by atoms with van der Waals surface area (Å²) in [5.41, 5.74) is 1.44. The predicted molar refractivity (Wildman–Crippen MR) is 132 cm³/mol. The highest BCUT2D eigenvalue weighted by molar-refractivity contribution is 9.10. The molecular formula is C22H23BrClN3O6S. The molecule has 1 aliphatic heterocycles. The summed E-state index contributed by atoms with van der Waals surface area (Å²) in [6.45, 7) is 2.32. The highest BCUT2D eigenvalue weighted by Crippen LogP contribution is 2.38. The van der Waals surface area contributed by atoms with Crippen molar-refractivity contribution in [3.05, 3.63) is 52.0 Å². The van der Waals surface area contributed by atoms with Gasteiger partial charge in [0, 0.05) is 51.3 Å². The van der Waals surface area contributed by atoms with Crippen LogP contribution in [-0.2, 0) is 14.8 Å². The third-order valence-corrected chi connectivity index (χ3v) is 8.63. The number of carbonyl (C=O) groups is 1. The lowest BCUT2D eigenvalue weighted by atomic mass is 10.2. The zero-order valence-electron chi connectivity index (χ0n) is 18.3. The first-order valence-electron chi connectivity index (χ1n) is 10.5. The third-order valence-electron chi connectivity index (χ3n) is 5.39. The Labute approximate surface area is 210 Å². The maximum Gasteiger partial charge on any atom is 0.415 e. The predicted octanol–water partition coefficient (Wildman–Crippen LogP) is 4.09. The number of furan rings is 1. The Morgan fingerprint density at radius 3 is 2.62 bits per heavy atom. The summed E-state index contributed by atoms with van der Waals surface area (Å²) in [6.07, 6.45) is -0.636. The molecule has 0 aliphatic carbocycles. The van der Waals surface area contributed by atoms with E-state index >= 15 is 0 Å². The van der Waals surface area contributed by atoms with Crippen molar-refractivity contribution in [3.63, 3.8) is 0 Å². The van der Waals surface area contributed by atoms with Crippen molar-refractivity contribution in [3.8, 4) is 5.95 Å². The number of amides is 1. The third kappa shape index (κ3) is 5.18. The normalized spacial score (nSPS) is 15.0. The maximum atomic E-state index is 13.0. The number of sulfonamides is 1. The summed E-state index contributed by atoms with van der Waals surface area (Å²) >= 11 is 9.75. The van der Waals surface area contributed by atoms with Crippen molar-refractivity contribution in [2.45, 2.75) is 4.90 Å². The van der Waals surface area contributed by atoms with Crippen LogP contribution in [0.15, 0.2) is 56.2 Å². The lowest BCUT2D eigenvalue weighted by Gasteiger charge is -2.36. The molecule has 0 radical (unpaired) electrons. The van der Waals surface area contributed by atoms with E-state index in [1.54, 1.807) is 37.4 Å². The average molecular weight is 573 g/mol. The second kappa shape index (κ2) is 10.5. The molecule has 1 fully saturated rings. The number of rotatable bonds is 7. The van der Waals surface area contributed by atoms with Crippen LogP contribution in [0.3, 0.4) is 0 Å². The molecule has 2 heterocycles. The largest absolute Gasteiger partial charge is 0.425 e. The molecule has 1 aliphatic rings. The van der Waals surface area contributed by atoms with E-state index in [-0.39, 0.29) is 15.9 Å². The Balaban J connectivity index is 1.46. The number of benzene rings is 2. The molecule has 0 bridgehead atoms. The van der Waals surface area contributed by atoms with Crippen molar-refractivity contribution in [1.29, 1.82) is 0 Å². The van der Waals surface area contributed by atoms with Gasteiger partial charge >= 0.3 is 6.09 Å². The zero-order chi connectivity index (χ0) is 24.3. The van der Waals surface area contributed by atoms with Gasteiger partial charge in [-0.2, -0.15) is 4.31 Å². The lowest BCUT2D eigenvalue weighted by molar-refractivity contribution is 0.173. The fourth-order valence-electron chi connectivity index (χ4n) is 3.68. The molecular weight excluding hydrogens is 550 g/mol. The van der Waals surface area contributed by atoms with Crippen molar-refractivity contribution < 1.29 is 27.1 Å². The van der Waals surface area contributed by atoms with Gasteiger partial charge in [0.25, 0.3) is 5.95 Å². The Morgan fingerprint density at radius 2 is 1.91 bits per heavy atom. The minimum Gasteiger partial charge on any atom is -0.425 e. The fourth-order valence-corrected chi connectivity index (χ4v) is 6.29. The smallest absolute Gasteiger partial charge is 0.415 e. The molecule has 34 heavy (non-hydrogen) atoms. The van der Waals surface area contributed by atoms with Gasteiger partial charge in [0.1, 0.15) is 10.5 Å². The van der Waals surface area contributed by atoms with E-state index in [1.807, 2.05) is 6.07 Å². The minimum absolute atomic E-state index is 0.0680. The molecule has 0 unspecified atom stereocenters. The van der Waals surface area contributed by atoms with Gasteiger partial charge in [-0.15, -0.1) is 0 Å². The van der Waals surface area contributed by atoms with Gasteiger partial charge in [0.15, 0.2) is 0 Å². The highest BCUT2D eigenvalue weighted by Gasteiger charge is 2.30. The molecule has 0 spiro atoms. The quantitative estimate of drug-likeness (QED) is 0.426. The Bertz CT molecular complexity index is 1290. The van der Waals surface area contributed by atoms with Crippen molar-refractivity contribution >= 4 is 60.3 Å². The molecule has 12 heteroatoms. The number of hydrogen-bond donors (Lipinski definition) is 1. The SMILES string of the molecule is COCCNC(=O)Oc1cc2c(Br)c(N3CCN(S(=O)(=O)c4ccccc4Cl)CC3)ccc2o1. The summed E-state index contributed by atoms with van der Waals surface area (Å²) in [4.78, 5) is 14.1. The van der Waals surface area contributed by atoms with E-state index in [2.05, 4.69) is 26.1 Å². The summed E-state index contributed by atoms with van der Waals surface area (Å²) < 4.78 is 44.0. The summed E-state index contributed by atoms with van der Waals surface area (Å²) in [5.74, 6) is 0.0680. The Kier molecular flexibility index (Phi) is 7.68. The van der Waals surface area contributed by atoms with Gasteiger partial charge in [0.05, 0.1) is 21.8 Å². The van der Waals surface area contributed by atoms with E-state index < -0.39 is 16.1 Å². The number of hydrogen-bond acceptors (Lipinski definition) is 7. The van der Waals surface area contributed by atoms with Crippen LogP contribution in [0.2, 0.25) is 5.02 Å². The number of nitrogens with zero attached hydrogens (tertiary/aromatic N) is 2. The van der Waals surface area contributed by atoms with Crippen LogP contribution < -0.4 is 15.0 Å². The highest BCUT2D eigenvalue weighted by atomic mass is 79.9. The monoisotopic (exact) mass is 571 g/mol. The summed E-state index contributed by atoms with van der Waals surface area (Å²) in [5, 5.41) is 3.51. The number of anilines is 1. The van der Waals surface area contributed by atoms with Gasteiger partial charge in [-0.3, -0.25) is 0 Å². The summed E-state index contributed by atoms with van der Waals surface area (Å²) in [6, 6.07) is 11.8. The van der Waals surface area contributed by atoms with Crippen LogP contribution in [0.4, 0.5) is 10.5 Å². The molecule has 0 atom stereocenters. The van der Waals surface area contributed by atoms with Gasteiger partial charge < -0.3 is 24.1 Å². The van der Waals surface area contributed by atoms with Crippen molar-refractivity contribution in [1.82, 2.24) is 9.62 Å². The van der Waals surface area contributed by atoms with Gasteiger partial charge in [-0.05, 0) is 40.2 Å². The number of carbonyl (C=O) groups excluding carboxylic acids is 1.